The summed E-state index contributed by atoms with van der Waals surface area (Å²) in [5.74, 6) is -2.45. The Kier molecular flexibility index (Phi) is 8.53. The van der Waals surface area contributed by atoms with Gasteiger partial charge in [0.15, 0.2) is 0 Å². The SMILES string of the molecule is O=C([O-])C/C=C/CC(=O)[O-].[Fe+2]. The Labute approximate surface area is 74.4 Å². The Bertz CT molecular complexity index is 146. The molecular formula is C6H6FeO4. The van der Waals surface area contributed by atoms with Crippen LogP contribution in [0.1, 0.15) is 12.8 Å². The number of hydrogen-bond acceptors (Lipinski definition) is 4. The summed E-state index contributed by atoms with van der Waals surface area (Å²) in [5.41, 5.74) is 0. The number of carbonyl (C=O) groups is 2. The fourth-order valence-corrected chi connectivity index (χ4v) is 0.359. The van der Waals surface area contributed by atoms with Crippen LogP contribution in [0, 0.1) is 0 Å². The van der Waals surface area contributed by atoms with E-state index in [1.807, 2.05) is 0 Å². The average Bonchev–Trinajstić information content (AvgIpc) is 1.79. The minimum Gasteiger partial charge on any atom is -0.550 e. The van der Waals surface area contributed by atoms with E-state index in [0.717, 1.165) is 0 Å². The van der Waals surface area contributed by atoms with Crippen LogP contribution in [0.3, 0.4) is 0 Å². The minimum atomic E-state index is -1.23. The summed E-state index contributed by atoms with van der Waals surface area (Å²) in [7, 11) is 0. The summed E-state index contributed by atoms with van der Waals surface area (Å²) in [5, 5.41) is 19.4. The molecule has 0 unspecified atom stereocenters. The first-order valence-electron chi connectivity index (χ1n) is 2.67. The molecule has 0 atom stereocenters. The van der Waals surface area contributed by atoms with E-state index in [-0.39, 0.29) is 29.9 Å². The minimum absolute atomic E-state index is 0. The van der Waals surface area contributed by atoms with Crippen molar-refractivity contribution in [1.29, 1.82) is 0 Å². The van der Waals surface area contributed by atoms with Gasteiger partial charge < -0.3 is 19.8 Å². The molecule has 0 rings (SSSR count). The van der Waals surface area contributed by atoms with E-state index in [9.17, 15) is 19.8 Å². The van der Waals surface area contributed by atoms with E-state index in [1.165, 1.54) is 12.2 Å². The summed E-state index contributed by atoms with van der Waals surface area (Å²) in [6, 6.07) is 0. The van der Waals surface area contributed by atoms with E-state index in [2.05, 4.69) is 0 Å². The molecule has 0 aliphatic rings. The molecule has 4 nitrogen and oxygen atoms in total. The Morgan fingerprint density at radius 3 is 1.45 bits per heavy atom. The molecule has 0 spiro atoms. The third-order valence-corrected chi connectivity index (χ3v) is 0.736. The molecule has 0 saturated heterocycles. The van der Waals surface area contributed by atoms with Gasteiger partial charge in [0.1, 0.15) is 0 Å². The van der Waals surface area contributed by atoms with Gasteiger partial charge in [-0.25, -0.2) is 0 Å². The molecule has 0 N–H and O–H groups in total. The van der Waals surface area contributed by atoms with Gasteiger partial charge in [-0.1, -0.05) is 12.2 Å². The maximum atomic E-state index is 9.72. The number of rotatable bonds is 4. The van der Waals surface area contributed by atoms with Crippen LogP contribution in [-0.4, -0.2) is 11.9 Å². The van der Waals surface area contributed by atoms with Gasteiger partial charge in [0.25, 0.3) is 0 Å². The van der Waals surface area contributed by atoms with Crippen LogP contribution in [0.25, 0.3) is 0 Å². The van der Waals surface area contributed by atoms with E-state index in [4.69, 9.17) is 0 Å². The molecular weight excluding hydrogens is 192 g/mol. The van der Waals surface area contributed by atoms with Crippen LogP contribution < -0.4 is 10.2 Å². The first kappa shape index (κ1) is 12.8. The summed E-state index contributed by atoms with van der Waals surface area (Å²) >= 11 is 0. The van der Waals surface area contributed by atoms with Crippen molar-refractivity contribution < 1.29 is 36.9 Å². The molecule has 0 aliphatic carbocycles. The molecule has 0 aromatic heterocycles. The third-order valence-electron chi connectivity index (χ3n) is 0.736. The molecule has 0 aliphatic heterocycles. The van der Waals surface area contributed by atoms with Crippen LogP contribution in [0.15, 0.2) is 12.2 Å². The number of carbonyl (C=O) groups excluding carboxylic acids is 2. The number of carboxylic acid groups (broad SMARTS) is 2. The van der Waals surface area contributed by atoms with Crippen molar-refractivity contribution in [1.82, 2.24) is 0 Å². The second-order valence-corrected chi connectivity index (χ2v) is 1.62. The molecule has 0 aromatic rings. The zero-order valence-electron chi connectivity index (χ0n) is 5.56. The maximum Gasteiger partial charge on any atom is 2.00 e. The zero-order chi connectivity index (χ0) is 7.98. The number of carboxylic acids is 2. The van der Waals surface area contributed by atoms with Crippen LogP contribution >= 0.6 is 0 Å². The second-order valence-electron chi connectivity index (χ2n) is 1.62. The molecule has 62 valence electrons. The van der Waals surface area contributed by atoms with Gasteiger partial charge in [0, 0.05) is 24.8 Å². The monoisotopic (exact) mass is 198 g/mol. The molecule has 0 radical (unpaired) electrons. The molecule has 0 bridgehead atoms. The maximum absolute atomic E-state index is 9.72. The molecule has 5 heteroatoms. The average molecular weight is 198 g/mol. The van der Waals surface area contributed by atoms with Crippen LogP contribution in [0.5, 0.6) is 0 Å². The van der Waals surface area contributed by atoms with Crippen molar-refractivity contribution in [3.05, 3.63) is 12.2 Å². The van der Waals surface area contributed by atoms with Gasteiger partial charge >= 0.3 is 17.1 Å². The fraction of sp³-hybridized carbons (Fsp3) is 0.333. The Balaban J connectivity index is 0. The fourth-order valence-electron chi connectivity index (χ4n) is 0.359. The standard InChI is InChI=1S/C6H8O4.Fe/c7-5(8)3-1-2-4-6(9)10;/h1-2H,3-4H2,(H,7,8)(H,9,10);/q;+2/p-2/b2-1+;. The zero-order valence-corrected chi connectivity index (χ0v) is 6.66. The quantitative estimate of drug-likeness (QED) is 0.380. The number of hydrogen-bond donors (Lipinski definition) is 0. The third kappa shape index (κ3) is 12.4. The Morgan fingerprint density at radius 2 is 1.27 bits per heavy atom. The first-order valence-corrected chi connectivity index (χ1v) is 2.67. The number of aliphatic carboxylic acids is 2. The van der Waals surface area contributed by atoms with Crippen molar-refractivity contribution in [2.24, 2.45) is 0 Å². The topological polar surface area (TPSA) is 80.3 Å². The Morgan fingerprint density at radius 1 is 1.00 bits per heavy atom. The van der Waals surface area contributed by atoms with Crippen molar-refractivity contribution >= 4 is 11.9 Å². The summed E-state index contributed by atoms with van der Waals surface area (Å²) < 4.78 is 0. The molecule has 0 amide bonds. The summed E-state index contributed by atoms with van der Waals surface area (Å²) in [4.78, 5) is 19.4. The normalized spacial score (nSPS) is 9.09. The van der Waals surface area contributed by atoms with Gasteiger partial charge in [-0.3, -0.25) is 0 Å². The van der Waals surface area contributed by atoms with E-state index < -0.39 is 11.9 Å². The van der Waals surface area contributed by atoms with E-state index in [1.54, 1.807) is 0 Å². The molecule has 0 fully saturated rings. The van der Waals surface area contributed by atoms with E-state index in [0.29, 0.717) is 0 Å². The van der Waals surface area contributed by atoms with Crippen LogP contribution in [-0.2, 0) is 26.7 Å². The van der Waals surface area contributed by atoms with Gasteiger partial charge in [-0.05, 0) is 0 Å². The van der Waals surface area contributed by atoms with Gasteiger partial charge in [0.2, 0.25) is 0 Å². The summed E-state index contributed by atoms with van der Waals surface area (Å²) in [6.45, 7) is 0. The molecule has 11 heavy (non-hydrogen) atoms. The second kappa shape index (κ2) is 7.31. The van der Waals surface area contributed by atoms with Gasteiger partial charge in [0.05, 0.1) is 0 Å². The van der Waals surface area contributed by atoms with Gasteiger partial charge in [-0.2, -0.15) is 0 Å². The van der Waals surface area contributed by atoms with Crippen molar-refractivity contribution in [3.8, 4) is 0 Å². The summed E-state index contributed by atoms with van der Waals surface area (Å²) in [6.07, 6.45) is 1.91. The van der Waals surface area contributed by atoms with Crippen molar-refractivity contribution in [3.63, 3.8) is 0 Å². The van der Waals surface area contributed by atoms with E-state index >= 15 is 0 Å². The molecule has 0 aromatic carbocycles. The smallest absolute Gasteiger partial charge is 0.550 e. The van der Waals surface area contributed by atoms with Crippen LogP contribution in [0.2, 0.25) is 0 Å². The first-order chi connectivity index (χ1) is 4.63. The predicted octanol–water partition coefficient (Wildman–Crippen LogP) is -2.18. The van der Waals surface area contributed by atoms with Crippen molar-refractivity contribution in [2.45, 2.75) is 12.8 Å². The Hall–Kier alpha value is -0.801. The van der Waals surface area contributed by atoms with Crippen molar-refractivity contribution in [2.75, 3.05) is 0 Å². The largest absolute Gasteiger partial charge is 2.00 e. The van der Waals surface area contributed by atoms with Gasteiger partial charge in [-0.15, -0.1) is 0 Å². The predicted molar refractivity (Wildman–Crippen MR) is 28.4 cm³/mol. The molecule has 0 heterocycles. The van der Waals surface area contributed by atoms with Crippen LogP contribution in [0.4, 0.5) is 0 Å². The molecule has 0 saturated carbocycles.